The molecule has 0 unspecified atom stereocenters. The molecule has 1 N–H and O–H groups in total. The van der Waals surface area contributed by atoms with Gasteiger partial charge in [0.1, 0.15) is 0 Å². The number of nitrogens with zero attached hydrogens (tertiary/aromatic N) is 4. The van der Waals surface area contributed by atoms with Gasteiger partial charge in [0, 0.05) is 0 Å². The van der Waals surface area contributed by atoms with E-state index in [-0.39, 0.29) is 12.4 Å². The van der Waals surface area contributed by atoms with Crippen molar-refractivity contribution in [2.75, 3.05) is 7.05 Å². The van der Waals surface area contributed by atoms with Crippen LogP contribution in [0.5, 0.6) is 0 Å². The van der Waals surface area contributed by atoms with E-state index in [1.165, 1.54) is 0 Å². The van der Waals surface area contributed by atoms with Crippen LogP contribution in [-0.4, -0.2) is 25.9 Å². The number of halogens is 1. The molecule has 0 radical (unpaired) electrons. The van der Waals surface area contributed by atoms with Gasteiger partial charge in [0.25, 0.3) is 5.89 Å². The summed E-state index contributed by atoms with van der Waals surface area (Å²) in [6.07, 6.45) is 1.60. The molecule has 0 aliphatic heterocycles. The fourth-order valence-electron chi connectivity index (χ4n) is 0.847. The number of hydrogen-bond donors (Lipinski definition) is 1. The standard InChI is InChI=1S/C6H7N5OS.ClH/c1-7-3-5-9-6(12-10-5)4-2-8-13-11-4;/h2,7H,3H2,1H3;1H. The predicted molar refractivity (Wildman–Crippen MR) is 53.2 cm³/mol. The van der Waals surface area contributed by atoms with E-state index in [1.54, 1.807) is 6.20 Å². The van der Waals surface area contributed by atoms with Crippen molar-refractivity contribution >= 4 is 24.1 Å². The Morgan fingerprint density at radius 1 is 1.57 bits per heavy atom. The van der Waals surface area contributed by atoms with Crippen LogP contribution in [0.4, 0.5) is 0 Å². The van der Waals surface area contributed by atoms with Crippen LogP contribution in [0.2, 0.25) is 0 Å². The first-order chi connectivity index (χ1) is 6.40. The lowest BCUT2D eigenvalue weighted by atomic mass is 10.5. The van der Waals surface area contributed by atoms with Gasteiger partial charge >= 0.3 is 0 Å². The van der Waals surface area contributed by atoms with Crippen molar-refractivity contribution in [3.63, 3.8) is 0 Å². The van der Waals surface area contributed by atoms with Crippen molar-refractivity contribution in [1.82, 2.24) is 24.2 Å². The molecule has 0 saturated carbocycles. The first kappa shape index (κ1) is 11.0. The van der Waals surface area contributed by atoms with Crippen LogP contribution in [0.3, 0.4) is 0 Å². The number of rotatable bonds is 3. The van der Waals surface area contributed by atoms with E-state index in [4.69, 9.17) is 4.52 Å². The fraction of sp³-hybridized carbons (Fsp3) is 0.333. The summed E-state index contributed by atoms with van der Waals surface area (Å²) in [6, 6.07) is 0. The van der Waals surface area contributed by atoms with Crippen molar-refractivity contribution < 1.29 is 4.52 Å². The van der Waals surface area contributed by atoms with E-state index < -0.39 is 0 Å². The Morgan fingerprint density at radius 3 is 3.07 bits per heavy atom. The molecule has 14 heavy (non-hydrogen) atoms. The molecule has 0 saturated heterocycles. The average molecular weight is 234 g/mol. The third-order valence-corrected chi connectivity index (χ3v) is 1.86. The lowest BCUT2D eigenvalue weighted by molar-refractivity contribution is 0.420. The van der Waals surface area contributed by atoms with Crippen LogP contribution >= 0.6 is 24.1 Å². The summed E-state index contributed by atoms with van der Waals surface area (Å²) in [5.41, 5.74) is 0.625. The smallest absolute Gasteiger partial charge is 0.279 e. The summed E-state index contributed by atoms with van der Waals surface area (Å²) in [5.74, 6) is 1.03. The molecule has 8 heteroatoms. The summed E-state index contributed by atoms with van der Waals surface area (Å²) >= 11 is 1.11. The predicted octanol–water partition coefficient (Wildman–Crippen LogP) is 0.729. The molecule has 2 aromatic rings. The van der Waals surface area contributed by atoms with Gasteiger partial charge in [-0.1, -0.05) is 5.16 Å². The summed E-state index contributed by atoms with van der Waals surface area (Å²) in [4.78, 5) is 4.11. The molecule has 0 bridgehead atoms. The molecule has 76 valence electrons. The SMILES string of the molecule is CNCc1noc(-c2cnsn2)n1.Cl. The number of aromatic nitrogens is 4. The monoisotopic (exact) mass is 233 g/mol. The van der Waals surface area contributed by atoms with Crippen molar-refractivity contribution in [3.8, 4) is 11.6 Å². The van der Waals surface area contributed by atoms with Crippen LogP contribution < -0.4 is 5.32 Å². The van der Waals surface area contributed by atoms with Gasteiger partial charge in [0.15, 0.2) is 11.5 Å². The lowest BCUT2D eigenvalue weighted by Crippen LogP contribution is -2.06. The second-order valence-electron chi connectivity index (χ2n) is 2.34. The molecular weight excluding hydrogens is 226 g/mol. The zero-order chi connectivity index (χ0) is 9.10. The number of nitrogens with one attached hydrogen (secondary N) is 1. The van der Waals surface area contributed by atoms with E-state index in [2.05, 4.69) is 24.2 Å². The summed E-state index contributed by atoms with van der Waals surface area (Å²) in [7, 11) is 1.82. The summed E-state index contributed by atoms with van der Waals surface area (Å²) in [5, 5.41) is 6.67. The van der Waals surface area contributed by atoms with Gasteiger partial charge in [-0.3, -0.25) is 0 Å². The average Bonchev–Trinajstić information content (AvgIpc) is 2.70. The number of hydrogen-bond acceptors (Lipinski definition) is 7. The highest BCUT2D eigenvalue weighted by atomic mass is 35.5. The molecule has 2 rings (SSSR count). The van der Waals surface area contributed by atoms with E-state index in [0.29, 0.717) is 24.0 Å². The van der Waals surface area contributed by atoms with E-state index in [1.807, 2.05) is 7.05 Å². The second kappa shape index (κ2) is 4.99. The molecule has 6 nitrogen and oxygen atoms in total. The largest absolute Gasteiger partial charge is 0.332 e. The van der Waals surface area contributed by atoms with Gasteiger partial charge in [-0.15, -0.1) is 12.4 Å². The van der Waals surface area contributed by atoms with Crippen LogP contribution in [0, 0.1) is 0 Å². The molecule has 0 aromatic carbocycles. The molecule has 0 amide bonds. The molecule has 0 aliphatic rings. The zero-order valence-corrected chi connectivity index (χ0v) is 8.93. The van der Waals surface area contributed by atoms with E-state index >= 15 is 0 Å². The highest BCUT2D eigenvalue weighted by Gasteiger charge is 2.09. The Kier molecular flexibility index (Phi) is 3.93. The fourth-order valence-corrected chi connectivity index (χ4v) is 1.25. The minimum absolute atomic E-state index is 0. The Labute approximate surface area is 90.5 Å². The van der Waals surface area contributed by atoms with E-state index in [9.17, 15) is 0 Å². The molecule has 2 aromatic heterocycles. The van der Waals surface area contributed by atoms with Gasteiger partial charge in [-0.2, -0.15) is 13.7 Å². The van der Waals surface area contributed by atoms with Crippen molar-refractivity contribution in [1.29, 1.82) is 0 Å². The highest BCUT2D eigenvalue weighted by molar-refractivity contribution is 6.99. The molecule has 0 fully saturated rings. The summed E-state index contributed by atoms with van der Waals surface area (Å²) < 4.78 is 12.8. The maximum absolute atomic E-state index is 4.96. The third kappa shape index (κ3) is 2.25. The van der Waals surface area contributed by atoms with Crippen LogP contribution in [0.15, 0.2) is 10.7 Å². The Hall–Kier alpha value is -1.05. The first-order valence-electron chi connectivity index (χ1n) is 3.65. The van der Waals surface area contributed by atoms with Gasteiger partial charge < -0.3 is 9.84 Å². The maximum atomic E-state index is 4.96. The normalized spacial score (nSPS) is 9.79. The topological polar surface area (TPSA) is 76.7 Å². The molecule has 0 atom stereocenters. The van der Waals surface area contributed by atoms with Crippen molar-refractivity contribution in [2.24, 2.45) is 0 Å². The third-order valence-electron chi connectivity index (χ3n) is 1.38. The quantitative estimate of drug-likeness (QED) is 0.842. The van der Waals surface area contributed by atoms with Gasteiger partial charge in [-0.05, 0) is 7.05 Å². The molecule has 0 spiro atoms. The minimum Gasteiger partial charge on any atom is -0.332 e. The Morgan fingerprint density at radius 2 is 2.43 bits per heavy atom. The maximum Gasteiger partial charge on any atom is 0.279 e. The van der Waals surface area contributed by atoms with Crippen LogP contribution in [0.1, 0.15) is 5.82 Å². The highest BCUT2D eigenvalue weighted by Crippen LogP contribution is 2.13. The van der Waals surface area contributed by atoms with Gasteiger partial charge in [0.2, 0.25) is 0 Å². The zero-order valence-electron chi connectivity index (χ0n) is 7.30. The lowest BCUT2D eigenvalue weighted by Gasteiger charge is -1.86. The van der Waals surface area contributed by atoms with Crippen LogP contribution in [-0.2, 0) is 6.54 Å². The molecule has 2 heterocycles. The van der Waals surface area contributed by atoms with Crippen molar-refractivity contribution in [2.45, 2.75) is 6.54 Å². The first-order valence-corrected chi connectivity index (χ1v) is 4.38. The second-order valence-corrected chi connectivity index (χ2v) is 2.90. The van der Waals surface area contributed by atoms with Crippen LogP contribution in [0.25, 0.3) is 11.6 Å². The molecular formula is C6H8ClN5OS. The Balaban J connectivity index is 0.000000980. The van der Waals surface area contributed by atoms with Gasteiger partial charge in [-0.25, -0.2) is 0 Å². The Bertz CT molecular complexity index is 375. The summed E-state index contributed by atoms with van der Waals surface area (Å²) in [6.45, 7) is 0.584. The van der Waals surface area contributed by atoms with E-state index in [0.717, 1.165) is 11.7 Å². The minimum atomic E-state index is 0. The van der Waals surface area contributed by atoms with Crippen molar-refractivity contribution in [3.05, 3.63) is 12.0 Å². The van der Waals surface area contributed by atoms with Gasteiger partial charge in [0.05, 0.1) is 24.5 Å². The molecule has 0 aliphatic carbocycles.